The fourth-order valence-electron chi connectivity index (χ4n) is 6.70. The number of rotatable bonds is 2. The molecule has 0 spiro atoms. The van der Waals surface area contributed by atoms with Crippen LogP contribution in [-0.4, -0.2) is 113 Å². The van der Waals surface area contributed by atoms with E-state index in [-0.39, 0.29) is 19.7 Å². The number of nitrogens with one attached hydrogen (secondary N) is 3. The zero-order valence-electron chi connectivity index (χ0n) is 41.7. The first-order chi connectivity index (χ1) is 33.6. The van der Waals surface area contributed by atoms with Crippen LogP contribution in [0.15, 0.2) is 134 Å². The van der Waals surface area contributed by atoms with E-state index in [4.69, 9.17) is 38.1 Å². The first kappa shape index (κ1) is 59.7. The summed E-state index contributed by atoms with van der Waals surface area (Å²) in [5, 5.41) is 15.7. The molecule has 7 aromatic rings. The van der Waals surface area contributed by atoms with Gasteiger partial charge in [0.2, 0.25) is 11.8 Å². The highest BCUT2D eigenvalue weighted by atomic mass is 35.5. The van der Waals surface area contributed by atoms with Crippen LogP contribution >= 0.6 is 23.2 Å². The Morgan fingerprint density at radius 1 is 0.700 bits per heavy atom. The van der Waals surface area contributed by atoms with Crippen LogP contribution in [0.4, 0.5) is 10.5 Å². The Hall–Kier alpha value is -6.39. The van der Waals surface area contributed by atoms with Crippen LogP contribution in [0.25, 0.3) is 32.7 Å². The molecule has 0 bridgehead atoms. The predicted octanol–water partition coefficient (Wildman–Crippen LogP) is 11.8. The summed E-state index contributed by atoms with van der Waals surface area (Å²) < 4.78 is 11.2. The van der Waals surface area contributed by atoms with Crippen LogP contribution in [-0.2, 0) is 25.5 Å². The number of hydrogen-bond acceptors (Lipinski definition) is 9. The van der Waals surface area contributed by atoms with Crippen molar-refractivity contribution < 1.29 is 30.2 Å². The third-order valence-corrected chi connectivity index (χ3v) is 10.4. The molecule has 0 unspecified atom stereocenters. The molecule has 5 N–H and O–H groups in total. The summed E-state index contributed by atoms with van der Waals surface area (Å²) in [7, 11) is 6.11. The number of likely N-dealkylation sites (tertiary alicyclic amines) is 2. The van der Waals surface area contributed by atoms with Gasteiger partial charge in [-0.05, 0) is 119 Å². The van der Waals surface area contributed by atoms with Crippen molar-refractivity contribution in [3.05, 3.63) is 150 Å². The molecule has 3 aliphatic rings. The molecule has 2 fully saturated rings. The van der Waals surface area contributed by atoms with Gasteiger partial charge in [-0.3, -0.25) is 24.3 Å². The molecule has 2 amide bonds. The summed E-state index contributed by atoms with van der Waals surface area (Å²) in [6.07, 6.45) is 12.5. The average Bonchev–Trinajstić information content (AvgIpc) is 4.20. The van der Waals surface area contributed by atoms with Crippen LogP contribution in [0.3, 0.4) is 0 Å². The lowest BCUT2D eigenvalue weighted by Crippen LogP contribution is -2.31. The van der Waals surface area contributed by atoms with E-state index >= 15 is 0 Å². The number of anilines is 1. The molecular weight excluding hydrogens is 932 g/mol. The Labute approximate surface area is 424 Å². The molecule has 0 aliphatic carbocycles. The van der Waals surface area contributed by atoms with Crippen LogP contribution in [0.1, 0.15) is 66.3 Å². The quantitative estimate of drug-likeness (QED) is 0.0741. The minimum atomic E-state index is -0.500. The number of alkyl halides is 2. The summed E-state index contributed by atoms with van der Waals surface area (Å²) in [6.45, 7) is 8.60. The number of aromatic nitrogens is 3. The molecule has 3 aliphatic heterocycles. The Morgan fingerprint density at radius 3 is 1.57 bits per heavy atom. The summed E-state index contributed by atoms with van der Waals surface area (Å²) in [6, 6.07) is 39.0. The summed E-state index contributed by atoms with van der Waals surface area (Å²) >= 11 is 9.99. The molecule has 0 atom stereocenters. The maximum Gasteiger partial charge on any atom is 0.418 e. The van der Waals surface area contributed by atoms with Gasteiger partial charge in [0, 0.05) is 93.6 Å². The molecule has 70 heavy (non-hydrogen) atoms. The van der Waals surface area contributed by atoms with E-state index < -0.39 is 10.5 Å². The molecule has 17 heteroatoms. The highest BCUT2D eigenvalue weighted by Crippen LogP contribution is 2.20. The number of piperidine rings is 2. The number of hydrogen-bond donors (Lipinski definition) is 4. The van der Waals surface area contributed by atoms with Gasteiger partial charge >= 0.3 is 6.09 Å². The standard InChI is InChI=1S/C13H15NO2.C8H9N.2C8H7N.2C6H11NO.C2H4Cl2O.CH3NO2.CH5N.H2/c1-13(2,3)16-12(15)14-9-8-10-6-4-5-7-11(10)14;3*1-2-4-8-7(3-1)5-6-9-8;2*1-7-5-3-2-4-6(7)8;3-1-5-2-4;1-2(3)4;1-2;/h4-9H,1-3H3;1-4,9H,5-6H2;2*1-6,9H;2*2-5H2,1H3;1-2H2;1H3;2H2,1H3;1H. The van der Waals surface area contributed by atoms with Crippen molar-refractivity contribution in [2.45, 2.75) is 71.3 Å². The van der Waals surface area contributed by atoms with Crippen molar-refractivity contribution in [3.63, 3.8) is 0 Å². The molecule has 0 saturated carbocycles. The average molecular weight is 1010 g/mol. The molecule has 6 heterocycles. The van der Waals surface area contributed by atoms with Crippen LogP contribution in [0.5, 0.6) is 0 Å². The smallest absolute Gasteiger partial charge is 0.418 e. The number of nitro groups is 1. The minimum absolute atomic E-state index is 0. The highest BCUT2D eigenvalue weighted by Gasteiger charge is 2.19. The third-order valence-electron chi connectivity index (χ3n) is 10.1. The second-order valence-electron chi connectivity index (χ2n) is 16.6. The number of aromatic amines is 2. The number of carbonyl (C=O) groups excluding carboxylic acids is 3. The summed E-state index contributed by atoms with van der Waals surface area (Å²) in [4.78, 5) is 51.5. The normalized spacial score (nSPS) is 13.2. The lowest BCUT2D eigenvalue weighted by molar-refractivity contribution is -0.445. The summed E-state index contributed by atoms with van der Waals surface area (Å²) in [5.41, 5.74) is 10.1. The van der Waals surface area contributed by atoms with Crippen molar-refractivity contribution in [1.29, 1.82) is 0 Å². The third kappa shape index (κ3) is 23.8. The molecular formula is C53H74Cl2N8O7. The number of carbonyl (C=O) groups is 3. The van der Waals surface area contributed by atoms with Gasteiger partial charge in [-0.25, -0.2) is 4.79 Å². The molecule has 382 valence electrons. The number of benzene rings is 4. The topological polar surface area (TPSA) is 194 Å². The monoisotopic (exact) mass is 1000 g/mol. The van der Waals surface area contributed by atoms with Gasteiger partial charge in [-0.1, -0.05) is 96.0 Å². The SMILES string of the molecule is CC(C)(C)OC(=O)n1ccc2ccccc21.CN.CN1CCCCC1=O.CN1CCCCC1=O.C[N+](=O)[O-].ClCOCCl.[HH].c1ccc2[nH]ccc2c1.c1ccc2[nH]ccc2c1.c1ccc2c(c1)CCN2. The van der Waals surface area contributed by atoms with Gasteiger partial charge in [0.1, 0.15) is 17.7 Å². The number of halogens is 2. The number of nitrogens with two attached hydrogens (primary N) is 1. The molecule has 2 saturated heterocycles. The lowest BCUT2D eigenvalue weighted by atomic mass is 10.1. The van der Waals surface area contributed by atoms with Gasteiger partial charge in [0.25, 0.3) is 0 Å². The zero-order chi connectivity index (χ0) is 51.7. The van der Waals surface area contributed by atoms with E-state index in [0.29, 0.717) is 11.8 Å². The lowest BCUT2D eigenvalue weighted by Gasteiger charge is -2.21. The Kier molecular flexibility index (Phi) is 29.0. The molecule has 3 aromatic heterocycles. The second-order valence-corrected chi connectivity index (χ2v) is 17.0. The fraction of sp³-hybridized carbons (Fsp3) is 0.377. The highest BCUT2D eigenvalue weighted by molar-refractivity contribution is 6.18. The Balaban J connectivity index is 0.000000414. The maximum absolute atomic E-state index is 11.9. The van der Waals surface area contributed by atoms with Gasteiger partial charge < -0.3 is 40.3 Å². The van der Waals surface area contributed by atoms with Crippen LogP contribution in [0.2, 0.25) is 0 Å². The number of nitrogens with zero attached hydrogens (tertiary/aromatic N) is 4. The number of ether oxygens (including phenoxy) is 2. The van der Waals surface area contributed by atoms with Gasteiger partial charge in [0.05, 0.1) is 5.52 Å². The predicted molar refractivity (Wildman–Crippen MR) is 289 cm³/mol. The Bertz CT molecular complexity index is 2380. The molecule has 0 radical (unpaired) electrons. The van der Waals surface area contributed by atoms with E-state index in [9.17, 15) is 14.4 Å². The first-order valence-corrected chi connectivity index (χ1v) is 24.2. The van der Waals surface area contributed by atoms with Gasteiger partial charge in [-0.15, -0.1) is 0 Å². The van der Waals surface area contributed by atoms with E-state index in [1.54, 1.807) is 16.0 Å². The van der Waals surface area contributed by atoms with E-state index in [2.05, 4.69) is 86.4 Å². The van der Waals surface area contributed by atoms with Crippen molar-refractivity contribution in [2.24, 2.45) is 5.73 Å². The van der Waals surface area contributed by atoms with Gasteiger partial charge in [0.15, 0.2) is 7.05 Å². The number of para-hydroxylation sites is 4. The first-order valence-electron chi connectivity index (χ1n) is 23.1. The van der Waals surface area contributed by atoms with Crippen molar-refractivity contribution in [1.82, 2.24) is 24.3 Å². The second kappa shape index (κ2) is 34.0. The van der Waals surface area contributed by atoms with Crippen LogP contribution in [0, 0.1) is 10.1 Å². The van der Waals surface area contributed by atoms with E-state index in [0.717, 1.165) is 63.3 Å². The molecule has 4 aromatic carbocycles. The summed E-state index contributed by atoms with van der Waals surface area (Å²) in [5.74, 6) is 0.604. The van der Waals surface area contributed by atoms with E-state index in [1.165, 1.54) is 63.9 Å². The Morgan fingerprint density at radius 2 is 1.16 bits per heavy atom. The van der Waals surface area contributed by atoms with Crippen molar-refractivity contribution >= 4 is 79.5 Å². The van der Waals surface area contributed by atoms with E-state index in [1.807, 2.05) is 102 Å². The molecule has 15 nitrogen and oxygen atoms in total. The minimum Gasteiger partial charge on any atom is -0.443 e. The van der Waals surface area contributed by atoms with Crippen molar-refractivity contribution in [2.75, 3.05) is 65.3 Å². The van der Waals surface area contributed by atoms with Crippen LogP contribution < -0.4 is 11.1 Å². The van der Waals surface area contributed by atoms with Crippen molar-refractivity contribution in [3.8, 4) is 0 Å². The fourth-order valence-corrected chi connectivity index (χ4v) is 6.93. The number of H-pyrrole nitrogens is 2. The number of fused-ring (bicyclic) bond motifs is 4. The largest absolute Gasteiger partial charge is 0.443 e. The van der Waals surface area contributed by atoms with Gasteiger partial charge in [-0.2, -0.15) is 0 Å². The molecule has 10 rings (SSSR count). The number of amides is 2. The zero-order valence-corrected chi connectivity index (χ0v) is 43.2. The maximum atomic E-state index is 11.9.